The molecule has 0 aromatic heterocycles. The van der Waals surface area contributed by atoms with Crippen molar-refractivity contribution in [1.82, 2.24) is 4.90 Å². The summed E-state index contributed by atoms with van der Waals surface area (Å²) in [6, 6.07) is 0. The molecular weight excluding hydrogens is 202 g/mol. The average Bonchev–Trinajstić information content (AvgIpc) is 2.25. The second kappa shape index (κ2) is 8.04. The van der Waals surface area contributed by atoms with E-state index in [-0.39, 0.29) is 0 Å². The van der Waals surface area contributed by atoms with E-state index in [0.717, 1.165) is 26.0 Å². The summed E-state index contributed by atoms with van der Waals surface area (Å²) in [6.45, 7) is 8.92. The van der Waals surface area contributed by atoms with Crippen molar-refractivity contribution in [3.05, 3.63) is 0 Å². The van der Waals surface area contributed by atoms with Gasteiger partial charge in [0.15, 0.2) is 0 Å². The second-order valence-corrected chi connectivity index (χ2v) is 5.09. The van der Waals surface area contributed by atoms with E-state index >= 15 is 0 Å². The van der Waals surface area contributed by atoms with Crippen molar-refractivity contribution in [2.75, 3.05) is 32.8 Å². The summed E-state index contributed by atoms with van der Waals surface area (Å²) in [7, 11) is 0. The first kappa shape index (κ1) is 13.9. The molecular formula is C13H27NO2. The molecule has 1 fully saturated rings. The molecule has 1 aliphatic heterocycles. The largest absolute Gasteiger partial charge is 0.396 e. The van der Waals surface area contributed by atoms with Gasteiger partial charge in [-0.15, -0.1) is 0 Å². The van der Waals surface area contributed by atoms with Crippen LogP contribution in [0.5, 0.6) is 0 Å². The van der Waals surface area contributed by atoms with E-state index in [1.807, 2.05) is 0 Å². The van der Waals surface area contributed by atoms with E-state index in [1.165, 1.54) is 25.9 Å². The Bertz CT molecular complexity index is 171. The molecule has 3 nitrogen and oxygen atoms in total. The Morgan fingerprint density at radius 2 is 2.25 bits per heavy atom. The Balaban J connectivity index is 2.07. The van der Waals surface area contributed by atoms with Gasteiger partial charge in [0, 0.05) is 26.3 Å². The first-order valence-corrected chi connectivity index (χ1v) is 6.67. The lowest BCUT2D eigenvalue weighted by Gasteiger charge is -2.32. The zero-order valence-corrected chi connectivity index (χ0v) is 10.8. The Morgan fingerprint density at radius 3 is 2.94 bits per heavy atom. The van der Waals surface area contributed by atoms with Gasteiger partial charge in [-0.3, -0.25) is 0 Å². The van der Waals surface area contributed by atoms with Crippen molar-refractivity contribution in [3.8, 4) is 0 Å². The maximum absolute atomic E-state index is 8.94. The minimum Gasteiger partial charge on any atom is -0.396 e. The van der Waals surface area contributed by atoms with E-state index < -0.39 is 0 Å². The third-order valence-corrected chi connectivity index (χ3v) is 3.21. The normalized spacial score (nSPS) is 22.9. The molecule has 16 heavy (non-hydrogen) atoms. The smallest absolute Gasteiger partial charge is 0.0518 e. The van der Waals surface area contributed by atoms with E-state index in [2.05, 4.69) is 18.7 Å². The van der Waals surface area contributed by atoms with Crippen LogP contribution in [0.3, 0.4) is 0 Å². The molecule has 0 aromatic rings. The molecule has 1 rings (SSSR count). The number of aliphatic hydroxyl groups is 1. The lowest BCUT2D eigenvalue weighted by molar-refractivity contribution is 0.0649. The third-order valence-electron chi connectivity index (χ3n) is 3.21. The van der Waals surface area contributed by atoms with Crippen LogP contribution in [0.25, 0.3) is 0 Å². The van der Waals surface area contributed by atoms with E-state index in [4.69, 9.17) is 9.84 Å². The van der Waals surface area contributed by atoms with Crippen molar-refractivity contribution >= 4 is 0 Å². The van der Waals surface area contributed by atoms with Crippen LogP contribution in [0, 0.1) is 5.92 Å². The highest BCUT2D eigenvalue weighted by Gasteiger charge is 2.18. The van der Waals surface area contributed by atoms with Crippen molar-refractivity contribution in [1.29, 1.82) is 0 Å². The molecule has 1 heterocycles. The molecule has 1 N–H and O–H groups in total. The third kappa shape index (κ3) is 5.83. The van der Waals surface area contributed by atoms with Crippen molar-refractivity contribution in [3.63, 3.8) is 0 Å². The van der Waals surface area contributed by atoms with Crippen LogP contribution in [0.4, 0.5) is 0 Å². The lowest BCUT2D eigenvalue weighted by Crippen LogP contribution is -2.36. The lowest BCUT2D eigenvalue weighted by atomic mass is 9.95. The number of ether oxygens (including phenoxy) is 1. The van der Waals surface area contributed by atoms with Crippen LogP contribution in [0.2, 0.25) is 0 Å². The predicted molar refractivity (Wildman–Crippen MR) is 66.6 cm³/mol. The van der Waals surface area contributed by atoms with Crippen LogP contribution in [-0.2, 0) is 4.74 Å². The van der Waals surface area contributed by atoms with Gasteiger partial charge in [0.2, 0.25) is 0 Å². The van der Waals surface area contributed by atoms with Gasteiger partial charge in [0.1, 0.15) is 0 Å². The number of hydrogen-bond acceptors (Lipinski definition) is 3. The maximum atomic E-state index is 8.94. The summed E-state index contributed by atoms with van der Waals surface area (Å²) < 4.78 is 5.54. The highest BCUT2D eigenvalue weighted by Crippen LogP contribution is 2.19. The van der Waals surface area contributed by atoms with Gasteiger partial charge in [0.05, 0.1) is 6.10 Å². The Labute approximate surface area is 99.8 Å². The van der Waals surface area contributed by atoms with E-state index in [0.29, 0.717) is 18.6 Å². The Morgan fingerprint density at radius 1 is 1.44 bits per heavy atom. The monoisotopic (exact) mass is 229 g/mol. The van der Waals surface area contributed by atoms with Crippen LogP contribution >= 0.6 is 0 Å². The van der Waals surface area contributed by atoms with E-state index in [9.17, 15) is 0 Å². The summed E-state index contributed by atoms with van der Waals surface area (Å²) in [5.41, 5.74) is 0. The topological polar surface area (TPSA) is 32.7 Å². The Kier molecular flexibility index (Phi) is 7.01. The fourth-order valence-electron chi connectivity index (χ4n) is 2.38. The molecule has 0 saturated carbocycles. The van der Waals surface area contributed by atoms with Gasteiger partial charge in [-0.2, -0.15) is 0 Å². The summed E-state index contributed by atoms with van der Waals surface area (Å²) in [4.78, 5) is 2.52. The molecule has 1 atom stereocenters. The predicted octanol–water partition coefficient (Wildman–Crippen LogP) is 1.90. The highest BCUT2D eigenvalue weighted by atomic mass is 16.5. The van der Waals surface area contributed by atoms with Crippen molar-refractivity contribution in [2.45, 2.75) is 45.6 Å². The molecule has 0 bridgehead atoms. The SMILES string of the molecule is CC(C)OCCCN1CCC[C@H](CCO)C1. The number of hydrogen-bond donors (Lipinski definition) is 1. The molecule has 0 amide bonds. The van der Waals surface area contributed by atoms with Gasteiger partial charge in [-0.25, -0.2) is 0 Å². The summed E-state index contributed by atoms with van der Waals surface area (Å²) in [5.74, 6) is 0.713. The summed E-state index contributed by atoms with van der Waals surface area (Å²) >= 11 is 0. The molecule has 0 aromatic carbocycles. The number of nitrogens with zero attached hydrogens (tertiary/aromatic N) is 1. The number of piperidine rings is 1. The minimum absolute atomic E-state index is 0.342. The second-order valence-electron chi connectivity index (χ2n) is 5.09. The zero-order chi connectivity index (χ0) is 11.8. The molecule has 0 aliphatic carbocycles. The van der Waals surface area contributed by atoms with Gasteiger partial charge in [0.25, 0.3) is 0 Å². The fourth-order valence-corrected chi connectivity index (χ4v) is 2.38. The minimum atomic E-state index is 0.342. The van der Waals surface area contributed by atoms with Crippen LogP contribution in [-0.4, -0.2) is 49.0 Å². The standard InChI is InChI=1S/C13H27NO2/c1-12(2)16-10-4-8-14-7-3-5-13(11-14)6-9-15/h12-13,15H,3-11H2,1-2H3/t13-/m1/s1. The van der Waals surface area contributed by atoms with Gasteiger partial charge in [-0.05, 0) is 52.0 Å². The average molecular weight is 229 g/mol. The molecule has 3 heteroatoms. The molecule has 1 aliphatic rings. The number of aliphatic hydroxyl groups excluding tert-OH is 1. The molecule has 0 unspecified atom stereocenters. The molecule has 0 spiro atoms. The zero-order valence-electron chi connectivity index (χ0n) is 10.8. The Hall–Kier alpha value is -0.120. The molecule has 96 valence electrons. The van der Waals surface area contributed by atoms with Gasteiger partial charge < -0.3 is 14.7 Å². The highest BCUT2D eigenvalue weighted by molar-refractivity contribution is 4.72. The van der Waals surface area contributed by atoms with Crippen LogP contribution in [0.15, 0.2) is 0 Å². The molecule has 1 saturated heterocycles. The molecule has 0 radical (unpaired) electrons. The number of rotatable bonds is 7. The first-order valence-electron chi connectivity index (χ1n) is 6.67. The van der Waals surface area contributed by atoms with Gasteiger partial charge in [-0.1, -0.05) is 0 Å². The van der Waals surface area contributed by atoms with E-state index in [1.54, 1.807) is 0 Å². The quantitative estimate of drug-likeness (QED) is 0.677. The fraction of sp³-hybridized carbons (Fsp3) is 1.00. The maximum Gasteiger partial charge on any atom is 0.0518 e. The van der Waals surface area contributed by atoms with Crippen molar-refractivity contribution in [2.24, 2.45) is 5.92 Å². The summed E-state index contributed by atoms with van der Waals surface area (Å²) in [5, 5.41) is 8.94. The van der Waals surface area contributed by atoms with Gasteiger partial charge >= 0.3 is 0 Å². The van der Waals surface area contributed by atoms with Crippen molar-refractivity contribution < 1.29 is 9.84 Å². The van der Waals surface area contributed by atoms with Crippen LogP contribution < -0.4 is 0 Å². The summed E-state index contributed by atoms with van der Waals surface area (Å²) in [6.07, 6.45) is 5.03. The number of likely N-dealkylation sites (tertiary alicyclic amines) is 1. The first-order chi connectivity index (χ1) is 7.72. The van der Waals surface area contributed by atoms with Crippen LogP contribution in [0.1, 0.15) is 39.5 Å².